The van der Waals surface area contributed by atoms with E-state index in [0.717, 1.165) is 0 Å². The molecule has 0 spiro atoms. The lowest BCUT2D eigenvalue weighted by Gasteiger charge is -1.95. The van der Waals surface area contributed by atoms with Crippen LogP contribution in [0.2, 0.25) is 0 Å². The summed E-state index contributed by atoms with van der Waals surface area (Å²) in [5.41, 5.74) is 0. The average Bonchev–Trinajstić information content (AvgIpc) is 2.62. The Morgan fingerprint density at radius 3 is 2.69 bits per heavy atom. The summed E-state index contributed by atoms with van der Waals surface area (Å²) in [5.74, 6) is 0.255. The van der Waals surface area contributed by atoms with Crippen LogP contribution in [-0.2, 0) is 9.84 Å². The summed E-state index contributed by atoms with van der Waals surface area (Å²) in [6.45, 7) is 0. The number of aliphatic imine (C=N–C) groups is 1. The van der Waals surface area contributed by atoms with Crippen molar-refractivity contribution in [3.8, 4) is 0 Å². The number of nitrogens with zero attached hydrogens (tertiary/aromatic N) is 1. The van der Waals surface area contributed by atoms with Crippen LogP contribution in [0.4, 0.5) is 0 Å². The Morgan fingerprint density at radius 2 is 2.23 bits per heavy atom. The van der Waals surface area contributed by atoms with Crippen LogP contribution >= 0.6 is 15.9 Å². The average molecular weight is 262 g/mol. The smallest absolute Gasteiger partial charge is 0.235 e. The van der Waals surface area contributed by atoms with Crippen LogP contribution < -0.4 is 0 Å². The second-order valence-corrected chi connectivity index (χ2v) is 5.56. The SMILES string of the molecule is O=S1(=O)C(Br)=CN=C1c1ccco1. The Morgan fingerprint density at radius 1 is 1.46 bits per heavy atom. The Kier molecular flexibility index (Phi) is 1.88. The summed E-state index contributed by atoms with van der Waals surface area (Å²) < 4.78 is 28.0. The maximum Gasteiger partial charge on any atom is 0.235 e. The summed E-state index contributed by atoms with van der Waals surface area (Å²) in [5, 5.41) is -0.0515. The van der Waals surface area contributed by atoms with Gasteiger partial charge in [0, 0.05) is 0 Å². The number of rotatable bonds is 1. The van der Waals surface area contributed by atoms with Gasteiger partial charge in [0.15, 0.2) is 5.76 Å². The molecule has 0 bridgehead atoms. The Hall–Kier alpha value is -0.880. The fraction of sp³-hybridized carbons (Fsp3) is 0. The highest BCUT2D eigenvalue weighted by atomic mass is 79.9. The van der Waals surface area contributed by atoms with Crippen LogP contribution in [0.15, 0.2) is 37.8 Å². The molecule has 6 heteroatoms. The number of furan rings is 1. The van der Waals surface area contributed by atoms with Gasteiger partial charge in [-0.1, -0.05) is 0 Å². The largest absolute Gasteiger partial charge is 0.462 e. The molecule has 0 N–H and O–H groups in total. The molecule has 0 atom stereocenters. The lowest BCUT2D eigenvalue weighted by atomic mass is 10.5. The number of hydrogen-bond donors (Lipinski definition) is 0. The van der Waals surface area contributed by atoms with E-state index >= 15 is 0 Å². The van der Waals surface area contributed by atoms with Gasteiger partial charge in [-0.3, -0.25) is 0 Å². The highest BCUT2D eigenvalue weighted by Crippen LogP contribution is 2.26. The first-order valence-corrected chi connectivity index (χ1v) is 5.62. The summed E-state index contributed by atoms with van der Waals surface area (Å²) >= 11 is 2.90. The Labute approximate surface area is 83.0 Å². The van der Waals surface area contributed by atoms with Crippen LogP contribution in [0.5, 0.6) is 0 Å². The van der Waals surface area contributed by atoms with Gasteiger partial charge in [-0.15, -0.1) is 0 Å². The van der Waals surface area contributed by atoms with Gasteiger partial charge in [0.25, 0.3) is 0 Å². The predicted molar refractivity (Wildman–Crippen MR) is 51.2 cm³/mol. The van der Waals surface area contributed by atoms with Crippen LogP contribution in [0, 0.1) is 0 Å². The first-order chi connectivity index (χ1) is 6.12. The molecule has 1 aromatic rings. The van der Waals surface area contributed by atoms with Crippen molar-refractivity contribution in [3.05, 3.63) is 34.2 Å². The maximum absolute atomic E-state index is 11.5. The molecule has 68 valence electrons. The first kappa shape index (κ1) is 8.71. The molecule has 4 nitrogen and oxygen atoms in total. The lowest BCUT2D eigenvalue weighted by molar-refractivity contribution is 0.558. The van der Waals surface area contributed by atoms with Crippen LogP contribution in [-0.4, -0.2) is 13.5 Å². The molecule has 2 rings (SSSR count). The van der Waals surface area contributed by atoms with Crippen molar-refractivity contribution in [1.29, 1.82) is 0 Å². The van der Waals surface area contributed by atoms with E-state index in [9.17, 15) is 8.42 Å². The van der Waals surface area contributed by atoms with Gasteiger partial charge >= 0.3 is 0 Å². The highest BCUT2D eigenvalue weighted by molar-refractivity contribution is 9.14. The van der Waals surface area contributed by atoms with Gasteiger partial charge in [-0.2, -0.15) is 0 Å². The minimum Gasteiger partial charge on any atom is -0.462 e. The third kappa shape index (κ3) is 1.26. The van der Waals surface area contributed by atoms with E-state index in [1.54, 1.807) is 12.1 Å². The topological polar surface area (TPSA) is 59.6 Å². The summed E-state index contributed by atoms with van der Waals surface area (Å²) in [6, 6.07) is 3.16. The number of hydrogen-bond acceptors (Lipinski definition) is 4. The van der Waals surface area contributed by atoms with E-state index in [1.165, 1.54) is 12.5 Å². The van der Waals surface area contributed by atoms with Crippen molar-refractivity contribution in [2.45, 2.75) is 0 Å². The normalized spacial score (nSPS) is 19.8. The molecular formula is C7H4BrNO3S. The van der Waals surface area contributed by atoms with E-state index in [-0.39, 0.29) is 14.6 Å². The van der Waals surface area contributed by atoms with Gasteiger partial charge in [0.2, 0.25) is 14.9 Å². The molecule has 0 unspecified atom stereocenters. The zero-order valence-electron chi connectivity index (χ0n) is 6.27. The van der Waals surface area contributed by atoms with Gasteiger partial charge in [-0.05, 0) is 28.1 Å². The molecule has 0 fully saturated rings. The molecule has 0 amide bonds. The molecular weight excluding hydrogens is 258 g/mol. The molecule has 0 aromatic carbocycles. The third-order valence-corrected chi connectivity index (χ3v) is 4.44. The number of sulfone groups is 1. The van der Waals surface area contributed by atoms with E-state index in [1.807, 2.05) is 0 Å². The molecule has 1 aromatic heterocycles. The molecule has 0 saturated heterocycles. The van der Waals surface area contributed by atoms with Crippen molar-refractivity contribution < 1.29 is 12.8 Å². The highest BCUT2D eigenvalue weighted by Gasteiger charge is 2.30. The molecule has 2 heterocycles. The first-order valence-electron chi connectivity index (χ1n) is 3.35. The fourth-order valence-electron chi connectivity index (χ4n) is 0.937. The fourth-order valence-corrected chi connectivity index (χ4v) is 2.45. The summed E-state index contributed by atoms with van der Waals surface area (Å²) in [6.07, 6.45) is 2.65. The molecule has 0 saturated carbocycles. The third-order valence-electron chi connectivity index (χ3n) is 1.53. The zero-order chi connectivity index (χ0) is 9.47. The second kappa shape index (κ2) is 2.81. The second-order valence-electron chi connectivity index (χ2n) is 2.35. The minimum absolute atomic E-state index is 0.0515. The minimum atomic E-state index is -3.45. The summed E-state index contributed by atoms with van der Waals surface area (Å²) in [4.78, 5) is 3.74. The number of halogens is 1. The van der Waals surface area contributed by atoms with Crippen molar-refractivity contribution in [3.63, 3.8) is 0 Å². The maximum atomic E-state index is 11.5. The standard InChI is InChI=1S/C7H4BrNO3S/c8-6-4-9-7(13(6,10)11)5-2-1-3-12-5/h1-4H. The van der Waals surface area contributed by atoms with Gasteiger partial charge in [-0.25, -0.2) is 13.4 Å². The van der Waals surface area contributed by atoms with Crippen LogP contribution in [0.1, 0.15) is 5.76 Å². The Balaban J connectivity index is 2.54. The molecule has 0 radical (unpaired) electrons. The predicted octanol–water partition coefficient (Wildman–Crippen LogP) is 1.65. The molecule has 1 aliphatic heterocycles. The van der Waals surface area contributed by atoms with Crippen molar-refractivity contribution in [1.82, 2.24) is 0 Å². The zero-order valence-corrected chi connectivity index (χ0v) is 8.67. The van der Waals surface area contributed by atoms with E-state index < -0.39 is 9.84 Å². The Bertz CT molecular complexity index is 484. The van der Waals surface area contributed by atoms with Gasteiger partial charge in [0.1, 0.15) is 3.81 Å². The van der Waals surface area contributed by atoms with Crippen LogP contribution in [0.3, 0.4) is 0 Å². The molecule has 13 heavy (non-hydrogen) atoms. The molecule has 0 aliphatic carbocycles. The summed E-state index contributed by atoms with van der Waals surface area (Å²) in [7, 11) is -3.45. The van der Waals surface area contributed by atoms with Gasteiger partial charge in [0.05, 0.1) is 12.5 Å². The monoisotopic (exact) mass is 261 g/mol. The van der Waals surface area contributed by atoms with Crippen molar-refractivity contribution in [2.24, 2.45) is 4.99 Å². The lowest BCUT2D eigenvalue weighted by Crippen LogP contribution is -2.11. The van der Waals surface area contributed by atoms with E-state index in [2.05, 4.69) is 20.9 Å². The van der Waals surface area contributed by atoms with Crippen molar-refractivity contribution in [2.75, 3.05) is 0 Å². The molecule has 1 aliphatic rings. The van der Waals surface area contributed by atoms with Gasteiger partial charge < -0.3 is 4.42 Å². The van der Waals surface area contributed by atoms with Crippen molar-refractivity contribution >= 4 is 30.8 Å². The van der Waals surface area contributed by atoms with Crippen LogP contribution in [0.25, 0.3) is 0 Å². The van der Waals surface area contributed by atoms with E-state index in [0.29, 0.717) is 0 Å². The van der Waals surface area contributed by atoms with E-state index in [4.69, 9.17) is 4.42 Å². The quantitative estimate of drug-likeness (QED) is 0.773.